The Morgan fingerprint density at radius 2 is 1.19 bits per heavy atom. The van der Waals surface area contributed by atoms with Gasteiger partial charge in [-0.05, 0) is 121 Å². The average molecular weight is 1080 g/mol. The van der Waals surface area contributed by atoms with Gasteiger partial charge in [-0.25, -0.2) is 9.03 Å². The maximum Gasteiger partial charge on any atom is 0.573 e. The van der Waals surface area contributed by atoms with Crippen molar-refractivity contribution < 1.29 is 27.5 Å². The maximum absolute atomic E-state index is 12.7. The second-order valence-corrected chi connectivity index (χ2v) is 18.3. The summed E-state index contributed by atoms with van der Waals surface area (Å²) in [7, 11) is 0. The molecular weight excluding hydrogens is 1020 g/mol. The quantitative estimate of drug-likeness (QED) is 0.0620. The standard InChI is InChI=1S/C26H26F3N7O2.C25H24ClN5O.2C4H6/c27-26(28,29)38-21-4-1-3-19(17-21)22-5-2-13-36-23(22)33-25(34-36)32-20-8-6-18(7-9-20)24(37)31-12-16-35-14-10-30-11-15-35;26-19-12-8-17(9-13-19)22-7-4-16-31-23(22)29-25(30-31)28-21-14-10-18(11-15-21)24(32)27-20-5-2-1-3-6-20;2*1-3-4-2/h1-9,13,17,30H,10-12,14-16H2,(H,31,37)(H,32,34);4,7-16,20H,1-3,5-6H2,(H,27,32)(H,28,30);2*3-4H,1-2H2. The zero-order valence-corrected chi connectivity index (χ0v) is 43.8. The Morgan fingerprint density at radius 1 is 0.667 bits per heavy atom. The molecule has 0 atom stereocenters. The first kappa shape index (κ1) is 57.1. The third kappa shape index (κ3) is 17.0. The Labute approximate surface area is 456 Å². The lowest BCUT2D eigenvalue weighted by Gasteiger charge is -2.27. The van der Waals surface area contributed by atoms with E-state index in [1.807, 2.05) is 66.9 Å². The molecule has 1 aliphatic heterocycles. The van der Waals surface area contributed by atoms with E-state index in [1.165, 1.54) is 42.0 Å². The molecule has 0 unspecified atom stereocenters. The van der Waals surface area contributed by atoms with Crippen LogP contribution in [0, 0.1) is 0 Å². The molecule has 4 aromatic heterocycles. The number of anilines is 4. The summed E-state index contributed by atoms with van der Waals surface area (Å²) in [5.74, 6) is 0.322. The van der Waals surface area contributed by atoms with Crippen LogP contribution in [-0.2, 0) is 0 Å². The van der Waals surface area contributed by atoms with E-state index in [-0.39, 0.29) is 17.6 Å². The van der Waals surface area contributed by atoms with Crippen molar-refractivity contribution >= 4 is 58.0 Å². The molecule has 2 fully saturated rings. The lowest BCUT2D eigenvalue weighted by Crippen LogP contribution is -2.46. The minimum atomic E-state index is -4.78. The van der Waals surface area contributed by atoms with E-state index in [4.69, 9.17) is 11.6 Å². The van der Waals surface area contributed by atoms with E-state index in [2.05, 4.69) is 82.7 Å². The van der Waals surface area contributed by atoms with Crippen molar-refractivity contribution in [2.24, 2.45) is 0 Å². The number of rotatable bonds is 15. The van der Waals surface area contributed by atoms with Crippen molar-refractivity contribution in [1.29, 1.82) is 0 Å². The number of halogens is 4. The number of benzene rings is 4. The summed E-state index contributed by atoms with van der Waals surface area (Å²) >= 11 is 6.02. The number of hydrogen-bond donors (Lipinski definition) is 5. The van der Waals surface area contributed by atoms with Crippen molar-refractivity contribution in [3.05, 3.63) is 200 Å². The first-order valence-corrected chi connectivity index (χ1v) is 25.8. The topological polar surface area (TPSA) is 167 Å². The minimum absolute atomic E-state index is 0.0121. The van der Waals surface area contributed by atoms with Crippen LogP contribution in [0.1, 0.15) is 52.8 Å². The van der Waals surface area contributed by atoms with E-state index >= 15 is 0 Å². The van der Waals surface area contributed by atoms with Crippen LogP contribution in [0.25, 0.3) is 33.5 Å². The molecule has 1 saturated heterocycles. The molecule has 4 aromatic carbocycles. The van der Waals surface area contributed by atoms with Crippen LogP contribution < -0.4 is 31.3 Å². The lowest BCUT2D eigenvalue weighted by atomic mass is 9.95. The van der Waals surface area contributed by atoms with E-state index in [0.29, 0.717) is 63.1 Å². The highest BCUT2D eigenvalue weighted by atomic mass is 35.5. The monoisotopic (exact) mass is 1080 g/mol. The van der Waals surface area contributed by atoms with Crippen LogP contribution in [-0.4, -0.2) is 97.6 Å². The summed E-state index contributed by atoms with van der Waals surface area (Å²) in [5.41, 5.74) is 7.00. The lowest BCUT2D eigenvalue weighted by molar-refractivity contribution is -0.274. The fourth-order valence-corrected chi connectivity index (χ4v) is 8.53. The zero-order valence-electron chi connectivity index (χ0n) is 43.1. The van der Waals surface area contributed by atoms with Crippen molar-refractivity contribution in [1.82, 2.24) is 50.0 Å². The number of pyridine rings is 2. The molecule has 0 radical (unpaired) electrons. The smallest absolute Gasteiger partial charge is 0.406 e. The Hall–Kier alpha value is -8.58. The molecule has 0 spiro atoms. The predicted molar refractivity (Wildman–Crippen MR) is 305 cm³/mol. The molecule has 8 aromatic rings. The fraction of sp³-hybridized carbons (Fsp3) is 0.220. The molecule has 15 nitrogen and oxygen atoms in total. The summed E-state index contributed by atoms with van der Waals surface area (Å²) in [5, 5.41) is 25.4. The first-order valence-electron chi connectivity index (χ1n) is 25.4. The van der Waals surface area contributed by atoms with Gasteiger partial charge in [0.05, 0.1) is 0 Å². The largest absolute Gasteiger partial charge is 0.573 e. The van der Waals surface area contributed by atoms with Crippen LogP contribution >= 0.6 is 11.6 Å². The highest BCUT2D eigenvalue weighted by Crippen LogP contribution is 2.31. The molecule has 1 saturated carbocycles. The second kappa shape index (κ2) is 28.5. The summed E-state index contributed by atoms with van der Waals surface area (Å²) in [6.45, 7) is 18.7. The van der Waals surface area contributed by atoms with E-state index in [1.54, 1.807) is 77.5 Å². The molecule has 78 heavy (non-hydrogen) atoms. The third-order valence-corrected chi connectivity index (χ3v) is 12.5. The molecular formula is C59H62ClF3N12O3. The highest BCUT2D eigenvalue weighted by Gasteiger charge is 2.31. The second-order valence-electron chi connectivity index (χ2n) is 17.8. The van der Waals surface area contributed by atoms with Crippen LogP contribution in [0.2, 0.25) is 5.02 Å². The Bertz CT molecular complexity index is 3230. The van der Waals surface area contributed by atoms with E-state index in [0.717, 1.165) is 68.0 Å². The average Bonchev–Trinajstić information content (AvgIpc) is 4.10. The highest BCUT2D eigenvalue weighted by molar-refractivity contribution is 6.30. The number of amides is 2. The number of carbonyl (C=O) groups excluding carboxylic acids is 2. The Morgan fingerprint density at radius 3 is 1.72 bits per heavy atom. The molecule has 10 rings (SSSR count). The number of alkyl halides is 3. The number of nitrogens with zero attached hydrogens (tertiary/aromatic N) is 7. The van der Waals surface area contributed by atoms with Crippen molar-refractivity contribution in [3.8, 4) is 28.0 Å². The number of aromatic nitrogens is 6. The van der Waals surface area contributed by atoms with Gasteiger partial charge < -0.3 is 31.3 Å². The van der Waals surface area contributed by atoms with Crippen molar-refractivity contribution in [3.63, 3.8) is 0 Å². The molecule has 0 bridgehead atoms. The molecule has 19 heteroatoms. The van der Waals surface area contributed by atoms with Crippen LogP contribution in [0.4, 0.5) is 36.4 Å². The van der Waals surface area contributed by atoms with Crippen molar-refractivity contribution in [2.45, 2.75) is 44.5 Å². The summed E-state index contributed by atoms with van der Waals surface area (Å²) in [6, 6.07) is 35.5. The molecule has 2 amide bonds. The van der Waals surface area contributed by atoms with Crippen LogP contribution in [0.3, 0.4) is 0 Å². The maximum atomic E-state index is 12.7. The molecule has 404 valence electrons. The number of piperazine rings is 1. The van der Waals surface area contributed by atoms with Gasteiger partial charge in [-0.2, -0.15) is 9.97 Å². The normalized spacial score (nSPS) is 13.4. The van der Waals surface area contributed by atoms with Gasteiger partial charge in [0.25, 0.3) is 11.8 Å². The van der Waals surface area contributed by atoms with E-state index in [9.17, 15) is 22.8 Å². The van der Waals surface area contributed by atoms with Crippen LogP contribution in [0.15, 0.2) is 184 Å². The Kier molecular flexibility index (Phi) is 20.9. The van der Waals surface area contributed by atoms with Gasteiger partial charge in [0.2, 0.25) is 11.9 Å². The van der Waals surface area contributed by atoms with Crippen LogP contribution in [0.5, 0.6) is 5.75 Å². The fourth-order valence-electron chi connectivity index (χ4n) is 8.41. The zero-order chi connectivity index (χ0) is 55.3. The van der Waals surface area contributed by atoms with Crippen molar-refractivity contribution in [2.75, 3.05) is 49.9 Å². The van der Waals surface area contributed by atoms with Gasteiger partial charge in [-0.3, -0.25) is 14.5 Å². The van der Waals surface area contributed by atoms with E-state index < -0.39 is 6.36 Å². The number of carbonyl (C=O) groups is 2. The number of nitrogens with one attached hydrogen (secondary N) is 5. The summed E-state index contributed by atoms with van der Waals surface area (Å²) in [6.07, 6.45) is 11.1. The molecule has 5 N–H and O–H groups in total. The SMILES string of the molecule is C=CC=C.C=CC=C.O=C(NC1CCCCC1)c1ccc(Nc2nc3c(-c4ccc(Cl)cc4)cccn3n2)cc1.O=C(NCCN1CCNCC1)c1ccc(Nc2nc3c(-c4cccc(OC(F)(F)F)c4)cccn3n2)cc1. The van der Waals surface area contributed by atoms with Gasteiger partial charge in [0, 0.05) is 96.4 Å². The Balaban J connectivity index is 0.000000201. The van der Waals surface area contributed by atoms with Gasteiger partial charge in [-0.15, -0.1) is 23.4 Å². The molecule has 5 heterocycles. The number of ether oxygens (including phenoxy) is 1. The predicted octanol–water partition coefficient (Wildman–Crippen LogP) is 12.2. The molecule has 2 aliphatic rings. The minimum Gasteiger partial charge on any atom is -0.406 e. The van der Waals surface area contributed by atoms with Gasteiger partial charge in [0.1, 0.15) is 5.75 Å². The third-order valence-electron chi connectivity index (χ3n) is 12.3. The first-order chi connectivity index (χ1) is 37.8. The summed E-state index contributed by atoms with van der Waals surface area (Å²) in [4.78, 5) is 36.5. The number of allylic oxidation sites excluding steroid dienone is 4. The number of hydrogen-bond acceptors (Lipinski definition) is 11. The molecule has 1 aliphatic carbocycles. The van der Waals surface area contributed by atoms with Gasteiger partial charge >= 0.3 is 6.36 Å². The van der Waals surface area contributed by atoms with Gasteiger partial charge in [-0.1, -0.05) is 106 Å². The summed E-state index contributed by atoms with van der Waals surface area (Å²) < 4.78 is 45.3. The van der Waals surface area contributed by atoms with Gasteiger partial charge in [0.15, 0.2) is 11.3 Å². The number of fused-ring (bicyclic) bond motifs is 2.